The number of aryl methyl sites for hydroxylation is 1. The first-order valence-electron chi connectivity index (χ1n) is 11.9. The molecule has 0 aliphatic carbocycles. The van der Waals surface area contributed by atoms with Crippen molar-refractivity contribution in [3.63, 3.8) is 0 Å². The third-order valence-corrected chi connectivity index (χ3v) is 10.9. The first kappa shape index (κ1) is 23.0. The fraction of sp³-hybridized carbons (Fsp3) is 0.0606. The second kappa shape index (κ2) is 10.2. The van der Waals surface area contributed by atoms with Gasteiger partial charge in [0.15, 0.2) is 5.78 Å². The maximum atomic E-state index is 12.9. The highest BCUT2D eigenvalue weighted by Gasteiger charge is 2.45. The fourth-order valence-electron chi connectivity index (χ4n) is 4.68. The van der Waals surface area contributed by atoms with E-state index in [9.17, 15) is 4.79 Å². The molecule has 0 amide bonds. The zero-order valence-electron chi connectivity index (χ0n) is 19.8. The molecule has 0 saturated carbocycles. The van der Waals surface area contributed by atoms with E-state index in [1.54, 1.807) is 0 Å². The summed E-state index contributed by atoms with van der Waals surface area (Å²) >= 11 is 0. The average molecular weight is 472 g/mol. The van der Waals surface area contributed by atoms with Crippen LogP contribution in [0.1, 0.15) is 27.0 Å². The van der Waals surface area contributed by atoms with Gasteiger partial charge in [-0.2, -0.15) is 0 Å². The molecule has 0 radical (unpaired) electrons. The lowest BCUT2D eigenvalue weighted by Crippen LogP contribution is -2.32. The Bertz CT molecular complexity index is 1350. The van der Waals surface area contributed by atoms with E-state index in [0.29, 0.717) is 0 Å². The van der Waals surface area contributed by atoms with Crippen molar-refractivity contribution in [1.82, 2.24) is 0 Å². The van der Waals surface area contributed by atoms with Crippen molar-refractivity contribution in [2.45, 2.75) is 13.1 Å². The Kier molecular flexibility index (Phi) is 6.70. The zero-order chi connectivity index (χ0) is 24.1. The van der Waals surface area contributed by atoms with Crippen LogP contribution in [0.3, 0.4) is 0 Å². The molecule has 0 saturated heterocycles. The molecule has 0 spiro atoms. The molecule has 1 nitrogen and oxygen atoms in total. The number of hydrogen-bond donors (Lipinski definition) is 0. The van der Waals surface area contributed by atoms with Crippen molar-refractivity contribution in [3.8, 4) is 0 Å². The topological polar surface area (TPSA) is 17.1 Å². The monoisotopic (exact) mass is 471 g/mol. The van der Waals surface area contributed by atoms with Crippen LogP contribution in [0.4, 0.5) is 0 Å². The van der Waals surface area contributed by atoms with E-state index < -0.39 is 7.26 Å². The summed E-state index contributed by atoms with van der Waals surface area (Å²) in [6, 6.07) is 48.6. The maximum absolute atomic E-state index is 12.9. The standard InChI is InChI=1S/C33H28OP/c1-26-17-23-32(24-18-26)35(30-13-7-3-8-14-30,31-15-9-4-10-16-31)25-27-19-21-29(22-20-27)33(34)28-11-5-2-6-12-28/h2-24H,25H2,1H3/q+1. The van der Waals surface area contributed by atoms with Gasteiger partial charge in [-0.15, -0.1) is 0 Å². The van der Waals surface area contributed by atoms with Crippen LogP contribution >= 0.6 is 7.26 Å². The molecule has 0 bridgehead atoms. The van der Waals surface area contributed by atoms with E-state index >= 15 is 0 Å². The van der Waals surface area contributed by atoms with Crippen molar-refractivity contribution >= 4 is 29.0 Å². The average Bonchev–Trinajstić information content (AvgIpc) is 2.94. The predicted octanol–water partition coefficient (Wildman–Crippen LogP) is 6.72. The summed E-state index contributed by atoms with van der Waals surface area (Å²) in [7, 11) is -1.98. The summed E-state index contributed by atoms with van der Waals surface area (Å²) in [6.07, 6.45) is 0.893. The Labute approximate surface area is 208 Å². The first-order chi connectivity index (χ1) is 17.2. The van der Waals surface area contributed by atoms with Crippen LogP contribution in [0.2, 0.25) is 0 Å². The normalized spacial score (nSPS) is 11.2. The maximum Gasteiger partial charge on any atom is 0.193 e. The smallest absolute Gasteiger partial charge is 0.193 e. The van der Waals surface area contributed by atoms with Gasteiger partial charge in [0.2, 0.25) is 0 Å². The third-order valence-electron chi connectivity index (χ3n) is 6.54. The fourth-order valence-corrected chi connectivity index (χ4v) is 8.90. The highest BCUT2D eigenvalue weighted by Crippen LogP contribution is 2.58. The third kappa shape index (κ3) is 4.74. The highest BCUT2D eigenvalue weighted by atomic mass is 31.2. The van der Waals surface area contributed by atoms with Crippen LogP contribution in [-0.4, -0.2) is 5.78 Å². The van der Waals surface area contributed by atoms with E-state index in [0.717, 1.165) is 17.3 Å². The van der Waals surface area contributed by atoms with Crippen molar-refractivity contribution in [2.24, 2.45) is 0 Å². The Morgan fingerprint density at radius 2 is 0.943 bits per heavy atom. The Morgan fingerprint density at radius 3 is 1.46 bits per heavy atom. The summed E-state index contributed by atoms with van der Waals surface area (Å²) in [5.41, 5.74) is 3.93. The van der Waals surface area contributed by atoms with Crippen LogP contribution in [0.25, 0.3) is 0 Å². The zero-order valence-corrected chi connectivity index (χ0v) is 20.7. The van der Waals surface area contributed by atoms with Gasteiger partial charge < -0.3 is 0 Å². The molecule has 5 rings (SSSR count). The van der Waals surface area contributed by atoms with E-state index in [4.69, 9.17) is 0 Å². The van der Waals surface area contributed by atoms with Gasteiger partial charge >= 0.3 is 0 Å². The number of ketones is 1. The second-order valence-electron chi connectivity index (χ2n) is 8.87. The lowest BCUT2D eigenvalue weighted by Gasteiger charge is -2.28. The van der Waals surface area contributed by atoms with E-state index in [1.165, 1.54) is 27.0 Å². The first-order valence-corrected chi connectivity index (χ1v) is 13.9. The minimum atomic E-state index is -1.98. The molecule has 0 N–H and O–H groups in total. The number of carbonyl (C=O) groups excluding carboxylic acids is 1. The van der Waals surface area contributed by atoms with Crippen LogP contribution in [0.15, 0.2) is 140 Å². The number of hydrogen-bond acceptors (Lipinski definition) is 1. The largest absolute Gasteiger partial charge is 0.289 e. The van der Waals surface area contributed by atoms with Gasteiger partial charge in [-0.25, -0.2) is 0 Å². The molecule has 2 heteroatoms. The van der Waals surface area contributed by atoms with Crippen molar-refractivity contribution in [2.75, 3.05) is 0 Å². The number of benzene rings is 5. The summed E-state index contributed by atoms with van der Waals surface area (Å²) < 4.78 is 0. The molecule has 0 atom stereocenters. The molecule has 0 fully saturated rings. The minimum Gasteiger partial charge on any atom is -0.289 e. The van der Waals surface area contributed by atoms with Gasteiger partial charge in [0.25, 0.3) is 0 Å². The molecule has 0 unspecified atom stereocenters. The summed E-state index contributed by atoms with van der Waals surface area (Å²) in [5.74, 6) is 0.0582. The van der Waals surface area contributed by atoms with Gasteiger partial charge in [0.05, 0.1) is 6.16 Å². The van der Waals surface area contributed by atoms with Gasteiger partial charge in [0.1, 0.15) is 23.2 Å². The number of carbonyl (C=O) groups is 1. The molecule has 170 valence electrons. The van der Waals surface area contributed by atoms with Crippen molar-refractivity contribution < 1.29 is 4.79 Å². The lowest BCUT2D eigenvalue weighted by molar-refractivity contribution is 0.103. The van der Waals surface area contributed by atoms with Gasteiger partial charge in [-0.3, -0.25) is 4.79 Å². The lowest BCUT2D eigenvalue weighted by atomic mass is 10.0. The van der Waals surface area contributed by atoms with Crippen molar-refractivity contribution in [1.29, 1.82) is 0 Å². The van der Waals surface area contributed by atoms with Gasteiger partial charge in [-0.05, 0) is 48.9 Å². The molecular weight excluding hydrogens is 443 g/mol. The quantitative estimate of drug-likeness (QED) is 0.190. The summed E-state index contributed by atoms with van der Waals surface area (Å²) in [5, 5.41) is 4.09. The number of rotatable bonds is 7. The molecule has 0 aromatic heterocycles. The van der Waals surface area contributed by atoms with Crippen LogP contribution in [0, 0.1) is 6.92 Å². The SMILES string of the molecule is Cc1ccc([P+](Cc2ccc(C(=O)c3ccccc3)cc2)(c2ccccc2)c2ccccc2)cc1. The molecule has 0 aliphatic heterocycles. The summed E-state index contributed by atoms with van der Waals surface area (Å²) in [6.45, 7) is 2.14. The van der Waals surface area contributed by atoms with Gasteiger partial charge in [0, 0.05) is 11.1 Å². The van der Waals surface area contributed by atoms with E-state index in [1.807, 2.05) is 42.5 Å². The molecular formula is C33H28OP+. The molecule has 5 aromatic rings. The molecule has 5 aromatic carbocycles. The van der Waals surface area contributed by atoms with Gasteiger partial charge in [-0.1, -0.05) is 109 Å². The Balaban J connectivity index is 1.61. The minimum absolute atomic E-state index is 0.0582. The van der Waals surface area contributed by atoms with Crippen molar-refractivity contribution in [3.05, 3.63) is 162 Å². The second-order valence-corrected chi connectivity index (χ2v) is 12.4. The summed E-state index contributed by atoms with van der Waals surface area (Å²) in [4.78, 5) is 12.9. The van der Waals surface area contributed by atoms with Crippen LogP contribution in [0.5, 0.6) is 0 Å². The van der Waals surface area contributed by atoms with E-state index in [-0.39, 0.29) is 5.78 Å². The molecule has 0 aliphatic rings. The Hall–Kier alpha value is -3.80. The Morgan fingerprint density at radius 1 is 0.514 bits per heavy atom. The van der Waals surface area contributed by atoms with Crippen LogP contribution in [-0.2, 0) is 6.16 Å². The van der Waals surface area contributed by atoms with Crippen LogP contribution < -0.4 is 15.9 Å². The highest BCUT2D eigenvalue weighted by molar-refractivity contribution is 7.95. The molecule has 35 heavy (non-hydrogen) atoms. The van der Waals surface area contributed by atoms with E-state index in [2.05, 4.69) is 104 Å². The molecule has 0 heterocycles. The predicted molar refractivity (Wildman–Crippen MR) is 150 cm³/mol.